The highest BCUT2D eigenvalue weighted by atomic mass is 79.9. The van der Waals surface area contributed by atoms with E-state index in [9.17, 15) is 0 Å². The molecule has 4 rings (SSSR count). The lowest BCUT2D eigenvalue weighted by Crippen LogP contribution is -3.00. The molecular formula is C17H14Br2N2S. The molecule has 0 amide bonds. The summed E-state index contributed by atoms with van der Waals surface area (Å²) in [5, 5.41) is 1.32. The van der Waals surface area contributed by atoms with Crippen LogP contribution >= 0.6 is 27.7 Å². The van der Waals surface area contributed by atoms with Crippen LogP contribution < -0.4 is 21.5 Å². The van der Waals surface area contributed by atoms with E-state index in [0.29, 0.717) is 0 Å². The van der Waals surface area contributed by atoms with Gasteiger partial charge in [0.15, 0.2) is 5.69 Å². The summed E-state index contributed by atoms with van der Waals surface area (Å²) in [6, 6.07) is 19.1. The van der Waals surface area contributed by atoms with Crippen molar-refractivity contribution in [1.29, 1.82) is 0 Å². The summed E-state index contributed by atoms with van der Waals surface area (Å²) in [6.45, 7) is 1.07. The molecule has 0 N–H and O–H groups in total. The summed E-state index contributed by atoms with van der Waals surface area (Å²) >= 11 is 5.43. The van der Waals surface area contributed by atoms with Crippen molar-refractivity contribution in [2.24, 2.45) is 0 Å². The third-order valence-electron chi connectivity index (χ3n) is 3.70. The highest BCUT2D eigenvalue weighted by Crippen LogP contribution is 2.29. The number of imidazole rings is 1. The number of para-hydroxylation sites is 1. The molecule has 0 bridgehead atoms. The molecule has 1 aliphatic rings. The molecule has 0 atom stereocenters. The Morgan fingerprint density at radius 2 is 1.73 bits per heavy atom. The molecule has 2 heterocycles. The first-order valence-corrected chi connectivity index (χ1v) is 8.70. The minimum atomic E-state index is 0. The van der Waals surface area contributed by atoms with Crippen LogP contribution in [-0.2, 0) is 6.54 Å². The first kappa shape index (κ1) is 15.8. The van der Waals surface area contributed by atoms with Crippen LogP contribution in [0.2, 0.25) is 0 Å². The molecule has 3 aromatic rings. The Morgan fingerprint density at radius 3 is 2.45 bits per heavy atom. The number of halogens is 2. The number of fused-ring (bicyclic) bond motifs is 1. The Morgan fingerprint density at radius 1 is 1.00 bits per heavy atom. The van der Waals surface area contributed by atoms with E-state index in [1.807, 2.05) is 11.8 Å². The van der Waals surface area contributed by atoms with Gasteiger partial charge in [-0.05, 0) is 48.2 Å². The predicted molar refractivity (Wildman–Crippen MR) is 89.8 cm³/mol. The summed E-state index contributed by atoms with van der Waals surface area (Å²) < 4.78 is 5.83. The fraction of sp³-hybridized carbons (Fsp3) is 0.118. The van der Waals surface area contributed by atoms with Gasteiger partial charge in [-0.25, -0.2) is 4.57 Å². The second kappa shape index (κ2) is 6.60. The van der Waals surface area contributed by atoms with E-state index in [-0.39, 0.29) is 17.0 Å². The first-order chi connectivity index (χ1) is 10.3. The Balaban J connectivity index is 0.00000144. The van der Waals surface area contributed by atoms with E-state index in [1.165, 1.54) is 22.1 Å². The van der Waals surface area contributed by atoms with Crippen LogP contribution in [0.15, 0.2) is 70.4 Å². The van der Waals surface area contributed by atoms with Crippen molar-refractivity contribution in [3.8, 4) is 16.9 Å². The fourth-order valence-electron chi connectivity index (χ4n) is 2.70. The van der Waals surface area contributed by atoms with Gasteiger partial charge in [-0.3, -0.25) is 0 Å². The number of rotatable bonds is 2. The molecule has 0 fully saturated rings. The molecule has 0 saturated carbocycles. The van der Waals surface area contributed by atoms with E-state index in [1.54, 1.807) is 0 Å². The largest absolute Gasteiger partial charge is 1.00 e. The fourth-order valence-corrected chi connectivity index (χ4v) is 4.06. The molecule has 22 heavy (non-hydrogen) atoms. The second-order valence-corrected chi connectivity index (χ2v) is 6.99. The zero-order valence-corrected chi connectivity index (χ0v) is 15.7. The van der Waals surface area contributed by atoms with Crippen molar-refractivity contribution in [3.63, 3.8) is 0 Å². The maximum Gasteiger partial charge on any atom is 0.323 e. The summed E-state index contributed by atoms with van der Waals surface area (Å²) in [5.41, 5.74) is 3.77. The number of hydrogen-bond acceptors (Lipinski definition) is 1. The molecule has 0 spiro atoms. The lowest BCUT2D eigenvalue weighted by atomic mass is 10.2. The third-order valence-corrected chi connectivity index (χ3v) is 5.29. The van der Waals surface area contributed by atoms with E-state index in [2.05, 4.69) is 85.9 Å². The lowest BCUT2D eigenvalue weighted by Gasteiger charge is -1.98. The van der Waals surface area contributed by atoms with Gasteiger partial charge in [-0.2, -0.15) is 4.57 Å². The van der Waals surface area contributed by atoms with Crippen molar-refractivity contribution < 1.29 is 21.5 Å². The van der Waals surface area contributed by atoms with E-state index >= 15 is 0 Å². The minimum Gasteiger partial charge on any atom is -1.00 e. The van der Waals surface area contributed by atoms with Crippen LogP contribution in [0.25, 0.3) is 16.9 Å². The summed E-state index contributed by atoms with van der Waals surface area (Å²) in [6.07, 6.45) is 2.25. The zero-order valence-electron chi connectivity index (χ0n) is 11.7. The van der Waals surface area contributed by atoms with Crippen molar-refractivity contribution >= 4 is 27.7 Å². The van der Waals surface area contributed by atoms with Crippen LogP contribution in [0.4, 0.5) is 0 Å². The van der Waals surface area contributed by atoms with Crippen LogP contribution in [0, 0.1) is 0 Å². The molecule has 1 aliphatic heterocycles. The molecule has 2 aromatic carbocycles. The molecule has 0 radical (unpaired) electrons. The van der Waals surface area contributed by atoms with E-state index in [4.69, 9.17) is 0 Å². The summed E-state index contributed by atoms with van der Waals surface area (Å²) in [4.78, 5) is 0. The summed E-state index contributed by atoms with van der Waals surface area (Å²) in [5.74, 6) is 1.15. The molecule has 1 aromatic heterocycles. The first-order valence-electron chi connectivity index (χ1n) is 6.92. The lowest BCUT2D eigenvalue weighted by molar-refractivity contribution is -0.713. The molecule has 112 valence electrons. The second-order valence-electron chi connectivity index (χ2n) is 5.01. The maximum atomic E-state index is 3.51. The molecule has 0 aliphatic carbocycles. The number of nitrogens with zero attached hydrogens (tertiary/aromatic N) is 2. The SMILES string of the molecule is Brc1ccc(-c2cn(-c3ccccc3)c3[n+]2CCS3)cc1.[Br-]. The van der Waals surface area contributed by atoms with Gasteiger partial charge in [0.1, 0.15) is 18.4 Å². The maximum absolute atomic E-state index is 3.51. The van der Waals surface area contributed by atoms with Gasteiger partial charge in [0.05, 0.1) is 0 Å². The number of hydrogen-bond donors (Lipinski definition) is 0. The minimum absolute atomic E-state index is 0. The van der Waals surface area contributed by atoms with Gasteiger partial charge in [-0.1, -0.05) is 34.1 Å². The Bertz CT molecular complexity index is 782. The van der Waals surface area contributed by atoms with Crippen molar-refractivity contribution in [2.45, 2.75) is 11.7 Å². The molecular weight excluding hydrogens is 424 g/mol. The number of benzene rings is 2. The highest BCUT2D eigenvalue weighted by Gasteiger charge is 2.30. The van der Waals surface area contributed by atoms with Crippen molar-refractivity contribution in [1.82, 2.24) is 4.57 Å². The van der Waals surface area contributed by atoms with Gasteiger partial charge < -0.3 is 17.0 Å². The Hall–Kier alpha value is -1.04. The van der Waals surface area contributed by atoms with Crippen LogP contribution in [0.3, 0.4) is 0 Å². The molecule has 0 saturated heterocycles. The predicted octanol–water partition coefficient (Wildman–Crippen LogP) is 1.30. The normalized spacial score (nSPS) is 12.8. The average molecular weight is 438 g/mol. The topological polar surface area (TPSA) is 8.81 Å². The standard InChI is InChI=1S/C17H14BrN2S.BrH/c18-14-8-6-13(7-9-14)16-12-20(15-4-2-1-3-5-15)17-19(16)10-11-21-17;/h1-9,12H,10-11H2;1H/q+1;/p-1. The van der Waals surface area contributed by atoms with E-state index < -0.39 is 0 Å². The van der Waals surface area contributed by atoms with Gasteiger partial charge in [0.2, 0.25) is 0 Å². The van der Waals surface area contributed by atoms with E-state index in [0.717, 1.165) is 16.8 Å². The quantitative estimate of drug-likeness (QED) is 0.549. The number of thioether (sulfide) groups is 1. The highest BCUT2D eigenvalue weighted by molar-refractivity contribution is 9.10. The molecule has 0 unspecified atom stereocenters. The average Bonchev–Trinajstić information content (AvgIpc) is 3.11. The van der Waals surface area contributed by atoms with Crippen molar-refractivity contribution in [3.05, 3.63) is 65.3 Å². The third kappa shape index (κ3) is 2.77. The van der Waals surface area contributed by atoms with Crippen molar-refractivity contribution in [2.75, 3.05) is 5.75 Å². The van der Waals surface area contributed by atoms with Crippen LogP contribution in [-0.4, -0.2) is 10.3 Å². The Labute approximate surface area is 153 Å². The molecule has 5 heteroatoms. The monoisotopic (exact) mass is 436 g/mol. The smallest absolute Gasteiger partial charge is 0.323 e. The van der Waals surface area contributed by atoms with Gasteiger partial charge >= 0.3 is 5.16 Å². The van der Waals surface area contributed by atoms with Crippen LogP contribution in [0.5, 0.6) is 0 Å². The number of aromatic nitrogens is 2. The van der Waals surface area contributed by atoms with Gasteiger partial charge in [0, 0.05) is 15.8 Å². The van der Waals surface area contributed by atoms with Gasteiger partial charge in [-0.15, -0.1) is 0 Å². The Kier molecular flexibility index (Phi) is 4.76. The molecule has 2 nitrogen and oxygen atoms in total. The summed E-state index contributed by atoms with van der Waals surface area (Å²) in [7, 11) is 0. The zero-order chi connectivity index (χ0) is 14.2. The van der Waals surface area contributed by atoms with Crippen LogP contribution in [0.1, 0.15) is 0 Å². The van der Waals surface area contributed by atoms with Gasteiger partial charge in [0.25, 0.3) is 0 Å².